The Morgan fingerprint density at radius 1 is 1.20 bits per heavy atom. The molecule has 0 amide bonds. The second-order valence-electron chi connectivity index (χ2n) is 9.89. The first-order valence-electron chi connectivity index (χ1n) is 11.2. The van der Waals surface area contributed by atoms with E-state index in [1.807, 2.05) is 0 Å². The van der Waals surface area contributed by atoms with Crippen molar-refractivity contribution in [3.8, 4) is 5.75 Å². The number of ether oxygens (including phenoxy) is 1. The highest BCUT2D eigenvalue weighted by Crippen LogP contribution is 2.43. The molecule has 2 fully saturated rings. The second kappa shape index (κ2) is 10.1. The molecule has 5 atom stereocenters. The monoisotopic (exact) mass is 456 g/mol. The summed E-state index contributed by atoms with van der Waals surface area (Å²) in [7, 11) is 0. The highest BCUT2D eigenvalue weighted by molar-refractivity contribution is 8.00. The maximum Gasteiger partial charge on any atom is 0.307 e. The van der Waals surface area contributed by atoms with Gasteiger partial charge >= 0.3 is 5.97 Å². The number of rotatable bonds is 6. The summed E-state index contributed by atoms with van der Waals surface area (Å²) in [6.45, 7) is 7.41. The Bertz CT molecular complexity index is 744. The van der Waals surface area contributed by atoms with Crippen LogP contribution in [0.5, 0.6) is 5.75 Å². The van der Waals surface area contributed by atoms with E-state index in [0.717, 1.165) is 25.7 Å². The van der Waals surface area contributed by atoms with Crippen molar-refractivity contribution in [1.82, 2.24) is 0 Å². The molecule has 3 nitrogen and oxygen atoms in total. The van der Waals surface area contributed by atoms with Crippen molar-refractivity contribution in [3.63, 3.8) is 0 Å². The predicted octanol–water partition coefficient (Wildman–Crippen LogP) is 7.45. The molecule has 1 aromatic rings. The van der Waals surface area contributed by atoms with Crippen LogP contribution in [0.4, 0.5) is 4.39 Å². The molecule has 0 bridgehead atoms. The van der Waals surface area contributed by atoms with Gasteiger partial charge < -0.3 is 9.84 Å². The number of benzene rings is 1. The van der Waals surface area contributed by atoms with Gasteiger partial charge in [-0.25, -0.2) is 4.39 Å². The molecule has 0 heterocycles. The highest BCUT2D eigenvalue weighted by Gasteiger charge is 2.35. The van der Waals surface area contributed by atoms with Crippen molar-refractivity contribution in [2.45, 2.75) is 82.3 Å². The van der Waals surface area contributed by atoms with Crippen LogP contribution in [-0.4, -0.2) is 22.9 Å². The molecule has 0 spiro atoms. The smallest absolute Gasteiger partial charge is 0.307 e. The maximum atomic E-state index is 14.8. The molecule has 0 aliphatic heterocycles. The van der Waals surface area contributed by atoms with Crippen molar-refractivity contribution < 1.29 is 19.0 Å². The topological polar surface area (TPSA) is 46.5 Å². The SMILES string of the molecule is C[C@@H]1CCC[C@H](C)CC(C)(COc2cc(F)c(SC3CCCC3C(=O)O)cc2Cl)C1. The summed E-state index contributed by atoms with van der Waals surface area (Å²) in [5, 5.41) is 9.64. The average molecular weight is 457 g/mol. The van der Waals surface area contributed by atoms with Crippen LogP contribution in [0.25, 0.3) is 0 Å². The van der Waals surface area contributed by atoms with Gasteiger partial charge in [0, 0.05) is 21.6 Å². The fourth-order valence-corrected chi connectivity index (χ4v) is 7.05. The first-order valence-corrected chi connectivity index (χ1v) is 12.4. The van der Waals surface area contributed by atoms with Gasteiger partial charge in [-0.05, 0) is 43.6 Å². The standard InChI is InChI=1S/C24H34ClFO3S/c1-15-6-4-7-16(2)13-24(3,12-15)14-29-20-11-19(26)22(10-18(20)25)30-21-9-5-8-17(21)23(27)28/h10-11,15-17,21H,4-9,12-14H2,1-3H3,(H,27,28)/t15-,16+,17?,21?,24?. The van der Waals surface area contributed by atoms with E-state index in [4.69, 9.17) is 16.3 Å². The molecule has 2 aliphatic carbocycles. The minimum absolute atomic E-state index is 0.0467. The number of halogens is 2. The molecule has 0 saturated heterocycles. The lowest BCUT2D eigenvalue weighted by Gasteiger charge is -2.36. The number of hydrogen-bond acceptors (Lipinski definition) is 3. The lowest BCUT2D eigenvalue weighted by atomic mass is 9.71. The molecule has 0 aromatic heterocycles. The third-order valence-corrected chi connectivity index (χ3v) is 8.42. The zero-order chi connectivity index (χ0) is 21.9. The number of carboxylic acid groups (broad SMARTS) is 1. The number of thioether (sulfide) groups is 1. The van der Waals surface area contributed by atoms with E-state index in [1.165, 1.54) is 37.1 Å². The lowest BCUT2D eigenvalue weighted by Crippen LogP contribution is -2.31. The van der Waals surface area contributed by atoms with Crippen LogP contribution in [-0.2, 0) is 4.79 Å². The summed E-state index contributed by atoms with van der Waals surface area (Å²) >= 11 is 7.74. The molecule has 6 heteroatoms. The van der Waals surface area contributed by atoms with Gasteiger partial charge in [0.25, 0.3) is 0 Å². The zero-order valence-corrected chi connectivity index (χ0v) is 19.8. The highest BCUT2D eigenvalue weighted by atomic mass is 35.5. The molecular weight excluding hydrogens is 423 g/mol. The van der Waals surface area contributed by atoms with E-state index in [0.29, 0.717) is 40.5 Å². The maximum absolute atomic E-state index is 14.8. The lowest BCUT2D eigenvalue weighted by molar-refractivity contribution is -0.141. The van der Waals surface area contributed by atoms with Crippen LogP contribution >= 0.6 is 23.4 Å². The third-order valence-electron chi connectivity index (χ3n) is 6.69. The summed E-state index contributed by atoms with van der Waals surface area (Å²) in [5.74, 6) is 0.0827. The zero-order valence-electron chi connectivity index (χ0n) is 18.3. The van der Waals surface area contributed by atoms with E-state index < -0.39 is 11.9 Å². The van der Waals surface area contributed by atoms with Gasteiger partial charge in [0.2, 0.25) is 0 Å². The number of hydrogen-bond donors (Lipinski definition) is 1. The van der Waals surface area contributed by atoms with Crippen molar-refractivity contribution >= 4 is 29.3 Å². The molecule has 1 N–H and O–H groups in total. The van der Waals surface area contributed by atoms with E-state index in [-0.39, 0.29) is 16.5 Å². The van der Waals surface area contributed by atoms with Gasteiger partial charge in [0.15, 0.2) is 0 Å². The fourth-order valence-electron chi connectivity index (χ4n) is 5.38. The Morgan fingerprint density at radius 2 is 1.83 bits per heavy atom. The van der Waals surface area contributed by atoms with E-state index in [9.17, 15) is 14.3 Å². The van der Waals surface area contributed by atoms with Crippen LogP contribution in [0.2, 0.25) is 5.02 Å². The first kappa shape index (κ1) is 23.7. The van der Waals surface area contributed by atoms with Crippen molar-refractivity contribution in [2.24, 2.45) is 23.2 Å². The van der Waals surface area contributed by atoms with Crippen LogP contribution < -0.4 is 4.74 Å². The number of carbonyl (C=O) groups is 1. The Labute approximate surface area is 189 Å². The van der Waals surface area contributed by atoms with E-state index in [1.54, 1.807) is 6.07 Å². The molecule has 3 rings (SSSR count). The summed E-state index contributed by atoms with van der Waals surface area (Å²) in [5.41, 5.74) is 0.0467. The summed E-state index contributed by atoms with van der Waals surface area (Å²) < 4.78 is 20.9. The molecule has 2 aliphatic rings. The van der Waals surface area contributed by atoms with Gasteiger partial charge in [-0.15, -0.1) is 11.8 Å². The van der Waals surface area contributed by atoms with Crippen molar-refractivity contribution in [1.29, 1.82) is 0 Å². The predicted molar refractivity (Wildman–Crippen MR) is 121 cm³/mol. The largest absolute Gasteiger partial charge is 0.491 e. The molecular formula is C24H34ClFO3S. The van der Waals surface area contributed by atoms with Crippen LogP contribution in [0.15, 0.2) is 17.0 Å². The summed E-state index contributed by atoms with van der Waals surface area (Å²) in [6, 6.07) is 2.97. The van der Waals surface area contributed by atoms with Crippen molar-refractivity contribution in [2.75, 3.05) is 6.61 Å². The van der Waals surface area contributed by atoms with Crippen LogP contribution in [0, 0.1) is 29.0 Å². The van der Waals surface area contributed by atoms with Gasteiger partial charge in [-0.2, -0.15) is 0 Å². The Morgan fingerprint density at radius 3 is 2.47 bits per heavy atom. The first-order chi connectivity index (χ1) is 14.2. The number of aliphatic carboxylic acids is 1. The van der Waals surface area contributed by atoms with Gasteiger partial charge in [0.05, 0.1) is 17.5 Å². The van der Waals surface area contributed by atoms with Crippen LogP contribution in [0.3, 0.4) is 0 Å². The van der Waals surface area contributed by atoms with E-state index in [2.05, 4.69) is 20.8 Å². The molecule has 2 saturated carbocycles. The van der Waals surface area contributed by atoms with Crippen LogP contribution in [0.1, 0.15) is 72.1 Å². The van der Waals surface area contributed by atoms with Crippen molar-refractivity contribution in [3.05, 3.63) is 23.0 Å². The average Bonchev–Trinajstić information content (AvgIpc) is 3.10. The summed E-state index contributed by atoms with van der Waals surface area (Å²) in [4.78, 5) is 11.8. The number of carboxylic acids is 1. The quantitative estimate of drug-likeness (QED) is 0.482. The Balaban J connectivity index is 1.68. The molecule has 3 unspecified atom stereocenters. The minimum Gasteiger partial charge on any atom is -0.491 e. The Hall–Kier alpha value is -0.940. The molecule has 30 heavy (non-hydrogen) atoms. The normalized spacial score (nSPS) is 32.4. The molecule has 1 aromatic carbocycles. The minimum atomic E-state index is -0.799. The fraction of sp³-hybridized carbons (Fsp3) is 0.708. The second-order valence-corrected chi connectivity index (χ2v) is 11.6. The van der Waals surface area contributed by atoms with Gasteiger partial charge in [-0.3, -0.25) is 4.79 Å². The van der Waals surface area contributed by atoms with Gasteiger partial charge in [0.1, 0.15) is 11.6 Å². The van der Waals surface area contributed by atoms with E-state index >= 15 is 0 Å². The third kappa shape index (κ3) is 6.06. The Kier molecular flexibility index (Phi) is 8.00. The molecule has 0 radical (unpaired) electrons. The molecule has 168 valence electrons. The summed E-state index contributed by atoms with van der Waals surface area (Å²) in [6.07, 6.45) is 8.29. The van der Waals surface area contributed by atoms with Gasteiger partial charge in [-0.1, -0.05) is 58.1 Å².